The fraction of sp³-hybridized carbons (Fsp3) is 0.667. The molecule has 5 heteroatoms. The summed E-state index contributed by atoms with van der Waals surface area (Å²) in [5.74, 6) is -0.791. The van der Waals surface area contributed by atoms with Crippen LogP contribution < -0.4 is 0 Å². The number of carboxylic acid groups (broad SMARTS) is 1. The smallest absolute Gasteiger partial charge is 0.306 e. The van der Waals surface area contributed by atoms with Crippen LogP contribution in [0.4, 0.5) is 0 Å². The van der Waals surface area contributed by atoms with Gasteiger partial charge in [0.1, 0.15) is 5.01 Å². The minimum atomic E-state index is -0.646. The molecule has 1 N–H and O–H groups in total. The Morgan fingerprint density at radius 1 is 1.59 bits per heavy atom. The van der Waals surface area contributed by atoms with Crippen molar-refractivity contribution in [2.75, 3.05) is 13.1 Å². The normalized spacial score (nSPS) is 18.4. The first-order valence-electron chi connectivity index (χ1n) is 6.07. The molecule has 0 spiro atoms. The molecule has 0 atom stereocenters. The molecular formula is C12H18N2O2S. The summed E-state index contributed by atoms with van der Waals surface area (Å²) in [6.45, 7) is 4.73. The number of aliphatic carboxylic acids is 1. The summed E-state index contributed by atoms with van der Waals surface area (Å²) in [7, 11) is 0. The number of thiazole rings is 1. The van der Waals surface area contributed by atoms with Crippen LogP contribution in [0.15, 0.2) is 5.38 Å². The summed E-state index contributed by atoms with van der Waals surface area (Å²) in [6, 6.07) is 0. The lowest BCUT2D eigenvalue weighted by Gasteiger charge is -2.29. The number of likely N-dealkylation sites (tertiary alicyclic amines) is 1. The van der Waals surface area contributed by atoms with Crippen LogP contribution in [0.25, 0.3) is 0 Å². The number of carbonyl (C=O) groups is 1. The second-order valence-corrected chi connectivity index (χ2v) is 5.42. The monoisotopic (exact) mass is 254 g/mol. The third-order valence-corrected chi connectivity index (χ3v) is 4.14. The van der Waals surface area contributed by atoms with E-state index in [1.807, 2.05) is 0 Å². The predicted molar refractivity (Wildman–Crippen MR) is 67.1 cm³/mol. The van der Waals surface area contributed by atoms with Crippen LogP contribution in [0.2, 0.25) is 0 Å². The molecule has 1 fully saturated rings. The van der Waals surface area contributed by atoms with Crippen LogP contribution in [0, 0.1) is 5.92 Å². The zero-order chi connectivity index (χ0) is 12.3. The molecule has 0 unspecified atom stereocenters. The first-order valence-corrected chi connectivity index (χ1v) is 6.95. The fourth-order valence-corrected chi connectivity index (χ4v) is 3.03. The number of nitrogens with zero attached hydrogens (tertiary/aromatic N) is 2. The maximum absolute atomic E-state index is 10.8. The molecule has 0 radical (unpaired) electrons. The molecule has 0 aromatic carbocycles. The maximum atomic E-state index is 10.8. The van der Waals surface area contributed by atoms with Gasteiger partial charge < -0.3 is 5.11 Å². The second-order valence-electron chi connectivity index (χ2n) is 4.47. The first-order chi connectivity index (χ1) is 8.19. The zero-order valence-electron chi connectivity index (χ0n) is 10.1. The zero-order valence-corrected chi connectivity index (χ0v) is 10.9. The minimum Gasteiger partial charge on any atom is -0.481 e. The van der Waals surface area contributed by atoms with Gasteiger partial charge in [0, 0.05) is 5.38 Å². The Labute approximate surface area is 105 Å². The quantitative estimate of drug-likeness (QED) is 0.893. The van der Waals surface area contributed by atoms with Crippen LogP contribution >= 0.6 is 11.3 Å². The number of rotatable bonds is 4. The molecule has 0 aliphatic carbocycles. The van der Waals surface area contributed by atoms with E-state index in [0.717, 1.165) is 49.6 Å². The predicted octanol–water partition coefficient (Wildman–Crippen LogP) is 2.00. The largest absolute Gasteiger partial charge is 0.481 e. The lowest BCUT2D eigenvalue weighted by atomic mass is 9.97. The Morgan fingerprint density at radius 2 is 2.29 bits per heavy atom. The fourth-order valence-electron chi connectivity index (χ4n) is 2.11. The number of aryl methyl sites for hydroxylation is 1. The van der Waals surface area contributed by atoms with E-state index in [1.54, 1.807) is 11.3 Å². The van der Waals surface area contributed by atoms with Crippen LogP contribution in [-0.2, 0) is 17.8 Å². The molecular weight excluding hydrogens is 236 g/mol. The van der Waals surface area contributed by atoms with Gasteiger partial charge in [0.25, 0.3) is 0 Å². The van der Waals surface area contributed by atoms with Crippen LogP contribution in [0.5, 0.6) is 0 Å². The molecule has 2 rings (SSSR count). The highest BCUT2D eigenvalue weighted by Gasteiger charge is 2.24. The minimum absolute atomic E-state index is 0.145. The molecule has 94 valence electrons. The van der Waals surface area contributed by atoms with E-state index < -0.39 is 5.97 Å². The molecule has 1 aromatic rings. The van der Waals surface area contributed by atoms with Gasteiger partial charge in [-0.15, -0.1) is 11.3 Å². The van der Waals surface area contributed by atoms with Gasteiger partial charge in [0.15, 0.2) is 0 Å². The SMILES string of the molecule is CCc1csc(CN2CCC(C(=O)O)CC2)n1. The van der Waals surface area contributed by atoms with Gasteiger partial charge in [-0.25, -0.2) is 4.98 Å². The van der Waals surface area contributed by atoms with Crippen molar-refractivity contribution < 1.29 is 9.90 Å². The van der Waals surface area contributed by atoms with E-state index >= 15 is 0 Å². The second kappa shape index (κ2) is 5.60. The summed E-state index contributed by atoms with van der Waals surface area (Å²) in [5, 5.41) is 12.2. The number of hydrogen-bond acceptors (Lipinski definition) is 4. The summed E-state index contributed by atoms with van der Waals surface area (Å²) in [4.78, 5) is 17.7. The molecule has 1 saturated heterocycles. The summed E-state index contributed by atoms with van der Waals surface area (Å²) in [5.41, 5.74) is 1.16. The highest BCUT2D eigenvalue weighted by molar-refractivity contribution is 7.09. The van der Waals surface area contributed by atoms with Crippen molar-refractivity contribution in [3.05, 3.63) is 16.1 Å². The Hall–Kier alpha value is -0.940. The lowest BCUT2D eigenvalue weighted by molar-refractivity contribution is -0.143. The maximum Gasteiger partial charge on any atom is 0.306 e. The van der Waals surface area contributed by atoms with E-state index in [4.69, 9.17) is 5.11 Å². The molecule has 1 aliphatic heterocycles. The third kappa shape index (κ3) is 3.26. The summed E-state index contributed by atoms with van der Waals surface area (Å²) < 4.78 is 0. The standard InChI is InChI=1S/C12H18N2O2S/c1-2-10-8-17-11(13-10)7-14-5-3-9(4-6-14)12(15)16/h8-9H,2-7H2,1H3,(H,15,16). The van der Waals surface area contributed by atoms with Gasteiger partial charge in [-0.1, -0.05) is 6.92 Å². The van der Waals surface area contributed by atoms with Crippen molar-refractivity contribution in [3.63, 3.8) is 0 Å². The van der Waals surface area contributed by atoms with Crippen molar-refractivity contribution in [1.82, 2.24) is 9.88 Å². The average Bonchev–Trinajstić information content (AvgIpc) is 2.77. The number of carboxylic acids is 1. The summed E-state index contributed by atoms with van der Waals surface area (Å²) >= 11 is 1.71. The van der Waals surface area contributed by atoms with Gasteiger partial charge in [-0.05, 0) is 32.4 Å². The highest BCUT2D eigenvalue weighted by atomic mass is 32.1. The number of hydrogen-bond donors (Lipinski definition) is 1. The Morgan fingerprint density at radius 3 is 2.82 bits per heavy atom. The molecule has 4 nitrogen and oxygen atoms in total. The van der Waals surface area contributed by atoms with E-state index in [-0.39, 0.29) is 5.92 Å². The number of aromatic nitrogens is 1. The van der Waals surface area contributed by atoms with E-state index in [1.165, 1.54) is 0 Å². The van der Waals surface area contributed by atoms with Crippen molar-refractivity contribution >= 4 is 17.3 Å². The van der Waals surface area contributed by atoms with E-state index in [9.17, 15) is 4.79 Å². The van der Waals surface area contributed by atoms with Gasteiger partial charge in [0.2, 0.25) is 0 Å². The topological polar surface area (TPSA) is 53.4 Å². The van der Waals surface area contributed by atoms with Crippen LogP contribution in [0.1, 0.15) is 30.5 Å². The van der Waals surface area contributed by atoms with E-state index in [0.29, 0.717) is 0 Å². The molecule has 17 heavy (non-hydrogen) atoms. The van der Waals surface area contributed by atoms with Gasteiger partial charge in [-0.2, -0.15) is 0 Å². The molecule has 2 heterocycles. The van der Waals surface area contributed by atoms with E-state index in [2.05, 4.69) is 22.2 Å². The van der Waals surface area contributed by atoms with Gasteiger partial charge in [-0.3, -0.25) is 9.69 Å². The first kappa shape index (κ1) is 12.5. The molecule has 1 aromatic heterocycles. The number of piperidine rings is 1. The van der Waals surface area contributed by atoms with Crippen molar-refractivity contribution in [2.45, 2.75) is 32.7 Å². The lowest BCUT2D eigenvalue weighted by Crippen LogP contribution is -2.35. The molecule has 0 saturated carbocycles. The highest BCUT2D eigenvalue weighted by Crippen LogP contribution is 2.20. The molecule has 0 amide bonds. The van der Waals surface area contributed by atoms with Crippen LogP contribution in [0.3, 0.4) is 0 Å². The Kier molecular flexibility index (Phi) is 4.12. The molecule has 0 bridgehead atoms. The van der Waals surface area contributed by atoms with Crippen molar-refractivity contribution in [3.8, 4) is 0 Å². The third-order valence-electron chi connectivity index (χ3n) is 3.26. The van der Waals surface area contributed by atoms with Gasteiger partial charge in [0.05, 0.1) is 18.2 Å². The average molecular weight is 254 g/mol. The van der Waals surface area contributed by atoms with Crippen LogP contribution in [-0.4, -0.2) is 34.0 Å². The van der Waals surface area contributed by atoms with Crippen molar-refractivity contribution in [2.24, 2.45) is 5.92 Å². The van der Waals surface area contributed by atoms with Crippen molar-refractivity contribution in [1.29, 1.82) is 0 Å². The molecule has 1 aliphatic rings. The Balaban J connectivity index is 1.83. The summed E-state index contributed by atoms with van der Waals surface area (Å²) in [6.07, 6.45) is 2.51. The Bertz CT molecular complexity index is 384. The van der Waals surface area contributed by atoms with Gasteiger partial charge >= 0.3 is 5.97 Å².